The Kier molecular flexibility index (Phi) is 32.5. The van der Waals surface area contributed by atoms with Crippen LogP contribution >= 0.6 is 0 Å². The number of rotatable bonds is 27. The molecule has 0 aliphatic rings. The fourth-order valence-corrected chi connectivity index (χ4v) is 7.31. The Labute approximate surface area is 338 Å². The molecule has 0 unspecified atom stereocenters. The topological polar surface area (TPSA) is 36.4 Å². The molecule has 0 heterocycles. The Morgan fingerprint density at radius 3 is 1.19 bits per heavy atom. The molecular weight excluding hydrogens is 723 g/mol. The van der Waals surface area contributed by atoms with Gasteiger partial charge in [-0.05, 0) is 146 Å². The number of hydrogen-bond acceptors (Lipinski definition) is 0. The van der Waals surface area contributed by atoms with Crippen molar-refractivity contribution in [2.75, 3.05) is 0 Å². The van der Waals surface area contributed by atoms with Gasteiger partial charge in [-0.25, -0.2) is 0 Å². The number of allylic oxidation sites excluding steroid dienone is 2. The zero-order chi connectivity index (χ0) is 35.7. The number of benzene rings is 2. The molecule has 0 atom stereocenters. The van der Waals surface area contributed by atoms with E-state index in [4.69, 9.17) is 0 Å². The minimum absolute atomic E-state index is 0. The van der Waals surface area contributed by atoms with Gasteiger partial charge in [-0.2, -0.15) is 0 Å². The second-order valence-electron chi connectivity index (χ2n) is 14.6. The quantitative estimate of drug-likeness (QED) is 0.0164. The van der Waals surface area contributed by atoms with Gasteiger partial charge in [0.05, 0.1) is 5.57 Å². The maximum atomic E-state index is 9.72. The molecule has 0 spiro atoms. The summed E-state index contributed by atoms with van der Waals surface area (Å²) in [5, 5.41) is 0. The normalized spacial score (nSPS) is 10.9. The first kappa shape index (κ1) is 52.1. The summed E-state index contributed by atoms with van der Waals surface area (Å²) in [6.45, 7) is 16.1. The molecule has 3 heteroatoms. The fraction of sp³-hybridized carbons (Fsp3) is 0.633. The van der Waals surface area contributed by atoms with E-state index in [2.05, 4.69) is 89.5 Å². The van der Waals surface area contributed by atoms with Crippen LogP contribution in [0.1, 0.15) is 209 Å². The van der Waals surface area contributed by atoms with E-state index in [1.165, 1.54) is 126 Å². The van der Waals surface area contributed by atoms with Crippen LogP contribution in [0.3, 0.4) is 0 Å². The standard InChI is InChI=1S/C47H74N2.2CH3.Pd/c1-8-15-22-28-41-35-44(36-42(29-23-16-9-2)46(41)31-24-17-10-3)47(32-38(37-49-48)25-18-11-4)43-33-39(26-19-12-5)45(30-21-14-7)40(34-43)27-20-13-6;;;/h32-36H,8-31H2,1-7H3;2*1H3;/q;2*-1;+2. The van der Waals surface area contributed by atoms with E-state index in [9.17, 15) is 5.53 Å². The summed E-state index contributed by atoms with van der Waals surface area (Å²) in [6, 6.07) is 10.3. The molecular formula is C49H80N2Pd. The summed E-state index contributed by atoms with van der Waals surface area (Å²) < 4.78 is 0. The molecule has 2 nitrogen and oxygen atoms in total. The molecule has 0 radical (unpaired) electrons. The zero-order valence-corrected chi connectivity index (χ0v) is 37.1. The molecule has 2 rings (SSSR count). The SMILES string of the molecule is CCCCCc1cc(C(=CC(=C=[N+]=[N-])CCCC)c2cc(CCCC)c(CCCC)c(CCCC)c2)cc(CCCCC)c1CCCCC.[CH3-].[CH3-].[Pd+2]. The first-order valence-electron chi connectivity index (χ1n) is 21.0. The number of aryl methyl sites for hydroxylation is 4. The van der Waals surface area contributed by atoms with Crippen molar-refractivity contribution in [1.82, 2.24) is 0 Å². The van der Waals surface area contributed by atoms with Crippen molar-refractivity contribution in [3.63, 3.8) is 0 Å². The van der Waals surface area contributed by atoms with Crippen molar-refractivity contribution in [3.8, 4) is 0 Å². The molecule has 0 saturated heterocycles. The molecule has 296 valence electrons. The van der Waals surface area contributed by atoms with Crippen LogP contribution < -0.4 is 0 Å². The molecule has 2 aromatic rings. The van der Waals surface area contributed by atoms with E-state index in [-0.39, 0.29) is 35.3 Å². The van der Waals surface area contributed by atoms with Gasteiger partial charge in [0, 0.05) is 0 Å². The second kappa shape index (κ2) is 32.4. The van der Waals surface area contributed by atoms with Gasteiger partial charge in [0.2, 0.25) is 0 Å². The average Bonchev–Trinajstić information content (AvgIpc) is 3.11. The third kappa shape index (κ3) is 18.4. The molecule has 0 aromatic heterocycles. The van der Waals surface area contributed by atoms with Crippen molar-refractivity contribution in [3.05, 3.63) is 101 Å². The van der Waals surface area contributed by atoms with Crippen LogP contribution in [0.4, 0.5) is 0 Å². The molecule has 0 aliphatic heterocycles. The van der Waals surface area contributed by atoms with Crippen LogP contribution in [-0.2, 0) is 58.9 Å². The molecule has 0 saturated carbocycles. The third-order valence-corrected chi connectivity index (χ3v) is 10.3. The summed E-state index contributed by atoms with van der Waals surface area (Å²) in [7, 11) is 0. The fourth-order valence-electron chi connectivity index (χ4n) is 7.31. The van der Waals surface area contributed by atoms with Gasteiger partial charge in [0.15, 0.2) is 0 Å². The smallest absolute Gasteiger partial charge is 0.358 e. The van der Waals surface area contributed by atoms with E-state index in [0.717, 1.165) is 50.5 Å². The first-order chi connectivity index (χ1) is 24.0. The summed E-state index contributed by atoms with van der Waals surface area (Å²) in [4.78, 5) is 3.45. The van der Waals surface area contributed by atoms with Crippen LogP contribution in [-0.4, -0.2) is 10.7 Å². The summed E-state index contributed by atoms with van der Waals surface area (Å²) >= 11 is 0. The van der Waals surface area contributed by atoms with E-state index < -0.39 is 0 Å². The Hall–Kier alpha value is -2.00. The van der Waals surface area contributed by atoms with Crippen LogP contribution in [0.15, 0.2) is 35.9 Å². The van der Waals surface area contributed by atoms with Gasteiger partial charge in [-0.1, -0.05) is 137 Å². The monoisotopic (exact) mass is 803 g/mol. The number of nitrogens with zero attached hydrogens (tertiary/aromatic N) is 2. The summed E-state index contributed by atoms with van der Waals surface area (Å²) in [5.41, 5.74) is 24.2. The van der Waals surface area contributed by atoms with E-state index in [1.807, 2.05) is 0 Å². The van der Waals surface area contributed by atoms with Crippen LogP contribution in [0, 0.1) is 14.9 Å². The Morgan fingerprint density at radius 1 is 0.500 bits per heavy atom. The molecule has 0 fully saturated rings. The maximum absolute atomic E-state index is 9.72. The minimum Gasteiger partial charge on any atom is -0.358 e. The molecule has 0 bridgehead atoms. The molecule has 0 amide bonds. The Balaban J connectivity index is 0. The van der Waals surface area contributed by atoms with Gasteiger partial charge < -0.3 is 20.4 Å². The zero-order valence-electron chi connectivity index (χ0n) is 35.6. The van der Waals surface area contributed by atoms with E-state index in [1.54, 1.807) is 33.4 Å². The summed E-state index contributed by atoms with van der Waals surface area (Å²) in [6.07, 6.45) is 31.1. The summed E-state index contributed by atoms with van der Waals surface area (Å²) in [5.74, 6) is 3.00. The van der Waals surface area contributed by atoms with Gasteiger partial charge in [-0.3, -0.25) is 0 Å². The molecule has 0 aliphatic carbocycles. The van der Waals surface area contributed by atoms with Gasteiger partial charge in [-0.15, -0.1) is 4.79 Å². The molecule has 2 aromatic carbocycles. The number of unbranched alkanes of at least 4 members (excludes halogenated alkanes) is 10. The second-order valence-corrected chi connectivity index (χ2v) is 14.6. The van der Waals surface area contributed by atoms with Gasteiger partial charge >= 0.3 is 26.3 Å². The third-order valence-electron chi connectivity index (χ3n) is 10.3. The van der Waals surface area contributed by atoms with Crippen molar-refractivity contribution in [2.45, 2.75) is 203 Å². The van der Waals surface area contributed by atoms with E-state index >= 15 is 0 Å². The van der Waals surface area contributed by atoms with Crippen molar-refractivity contribution in [1.29, 1.82) is 0 Å². The molecule has 0 N–H and O–H groups in total. The van der Waals surface area contributed by atoms with E-state index in [0.29, 0.717) is 0 Å². The predicted octanol–water partition coefficient (Wildman–Crippen LogP) is 15.3. The number of hydrogen-bond donors (Lipinski definition) is 0. The maximum Gasteiger partial charge on any atom is 2.00 e. The minimum atomic E-state index is 0. The largest absolute Gasteiger partial charge is 2.00 e. The van der Waals surface area contributed by atoms with Crippen LogP contribution in [0.25, 0.3) is 11.1 Å². The molecule has 52 heavy (non-hydrogen) atoms. The van der Waals surface area contributed by atoms with Crippen molar-refractivity contribution < 1.29 is 25.2 Å². The van der Waals surface area contributed by atoms with Crippen molar-refractivity contribution in [2.24, 2.45) is 0 Å². The predicted molar refractivity (Wildman–Crippen MR) is 230 cm³/mol. The Morgan fingerprint density at radius 2 is 0.827 bits per heavy atom. The first-order valence-corrected chi connectivity index (χ1v) is 21.0. The van der Waals surface area contributed by atoms with Gasteiger partial charge in [0.25, 0.3) is 0 Å². The van der Waals surface area contributed by atoms with Crippen LogP contribution in [0.5, 0.6) is 0 Å². The van der Waals surface area contributed by atoms with Crippen molar-refractivity contribution >= 4 is 11.4 Å². The average molecular weight is 804 g/mol. The van der Waals surface area contributed by atoms with Crippen LogP contribution in [0.2, 0.25) is 0 Å². The Bertz CT molecular complexity index is 1280. The van der Waals surface area contributed by atoms with Gasteiger partial charge in [0.1, 0.15) is 0 Å².